The molecular weight excluding hydrogens is 210 g/mol. The Morgan fingerprint density at radius 3 is 2.62 bits per heavy atom. The van der Waals surface area contributed by atoms with E-state index in [0.717, 1.165) is 6.42 Å². The highest BCUT2D eigenvalue weighted by molar-refractivity contribution is 5.77. The molecule has 1 saturated heterocycles. The minimum atomic E-state index is -0.522. The lowest BCUT2D eigenvalue weighted by molar-refractivity contribution is -0.161. The zero-order valence-corrected chi connectivity index (χ0v) is 9.87. The van der Waals surface area contributed by atoms with Crippen LogP contribution >= 0.6 is 0 Å². The lowest BCUT2D eigenvalue weighted by Gasteiger charge is -2.33. The van der Waals surface area contributed by atoms with E-state index in [1.807, 2.05) is 0 Å². The summed E-state index contributed by atoms with van der Waals surface area (Å²) < 4.78 is 15.3. The quantitative estimate of drug-likeness (QED) is 0.526. The van der Waals surface area contributed by atoms with Crippen LogP contribution in [0.5, 0.6) is 0 Å². The third-order valence-electron chi connectivity index (χ3n) is 3.00. The fraction of sp³-hybridized carbons (Fsp3) is 0.909. The van der Waals surface area contributed by atoms with E-state index in [1.165, 1.54) is 0 Å². The highest BCUT2D eigenvalue weighted by Gasteiger charge is 2.40. The Balaban J connectivity index is 2.36. The Bertz CT molecular complexity index is 214. The first-order chi connectivity index (χ1) is 7.75. The van der Waals surface area contributed by atoms with Gasteiger partial charge in [0.05, 0.1) is 12.0 Å². The van der Waals surface area contributed by atoms with Gasteiger partial charge in [0, 0.05) is 39.9 Å². The van der Waals surface area contributed by atoms with Gasteiger partial charge in [0.25, 0.3) is 0 Å². The number of hydrogen-bond acceptors (Lipinski definition) is 5. The van der Waals surface area contributed by atoms with Crippen molar-refractivity contribution in [3.8, 4) is 0 Å². The largest absolute Gasteiger partial charge is 0.465 e. The first-order valence-electron chi connectivity index (χ1n) is 5.69. The molecular formula is C11H21NO4. The van der Waals surface area contributed by atoms with Gasteiger partial charge in [-0.2, -0.15) is 0 Å². The third-order valence-corrected chi connectivity index (χ3v) is 3.00. The molecule has 1 aliphatic rings. The van der Waals surface area contributed by atoms with Crippen molar-refractivity contribution in [3.05, 3.63) is 0 Å². The van der Waals surface area contributed by atoms with E-state index in [4.69, 9.17) is 19.9 Å². The van der Waals surface area contributed by atoms with E-state index in [1.54, 1.807) is 7.11 Å². The normalized spacial score (nSPS) is 19.4. The fourth-order valence-electron chi connectivity index (χ4n) is 1.77. The molecule has 0 amide bonds. The van der Waals surface area contributed by atoms with Crippen molar-refractivity contribution in [2.45, 2.75) is 19.3 Å². The number of nitrogens with two attached hydrogens (primary N) is 1. The summed E-state index contributed by atoms with van der Waals surface area (Å²) in [6, 6.07) is 0. The van der Waals surface area contributed by atoms with E-state index < -0.39 is 5.41 Å². The van der Waals surface area contributed by atoms with Crippen molar-refractivity contribution < 1.29 is 19.0 Å². The van der Waals surface area contributed by atoms with Crippen LogP contribution in [-0.2, 0) is 19.0 Å². The molecule has 0 aromatic rings. The van der Waals surface area contributed by atoms with E-state index in [0.29, 0.717) is 45.8 Å². The van der Waals surface area contributed by atoms with Crippen molar-refractivity contribution in [2.24, 2.45) is 11.1 Å². The first-order valence-corrected chi connectivity index (χ1v) is 5.69. The predicted octanol–water partition coefficient (Wildman–Crippen LogP) is 0.322. The number of carbonyl (C=O) groups excluding carboxylic acids is 1. The van der Waals surface area contributed by atoms with Gasteiger partial charge in [0.1, 0.15) is 0 Å². The van der Waals surface area contributed by atoms with Gasteiger partial charge < -0.3 is 19.9 Å². The molecule has 94 valence electrons. The predicted molar refractivity (Wildman–Crippen MR) is 59.0 cm³/mol. The van der Waals surface area contributed by atoms with E-state index in [-0.39, 0.29) is 5.97 Å². The number of esters is 1. The molecule has 1 heterocycles. The van der Waals surface area contributed by atoms with Crippen LogP contribution in [0.4, 0.5) is 0 Å². The number of hydrogen-bond donors (Lipinski definition) is 1. The molecule has 0 saturated carbocycles. The Morgan fingerprint density at radius 2 is 2.06 bits per heavy atom. The molecule has 0 aliphatic carbocycles. The van der Waals surface area contributed by atoms with E-state index in [2.05, 4.69) is 0 Å². The average molecular weight is 231 g/mol. The first kappa shape index (κ1) is 13.4. The molecule has 16 heavy (non-hydrogen) atoms. The maximum Gasteiger partial charge on any atom is 0.313 e. The highest BCUT2D eigenvalue weighted by Crippen LogP contribution is 2.30. The van der Waals surface area contributed by atoms with Crippen molar-refractivity contribution in [1.29, 1.82) is 0 Å². The molecule has 0 unspecified atom stereocenters. The molecule has 2 N–H and O–H groups in total. The Labute approximate surface area is 96.2 Å². The van der Waals surface area contributed by atoms with Crippen molar-refractivity contribution >= 4 is 5.97 Å². The Morgan fingerprint density at radius 1 is 1.38 bits per heavy atom. The van der Waals surface area contributed by atoms with Crippen LogP contribution in [0.15, 0.2) is 0 Å². The standard InChI is InChI=1S/C11H21NO4/c1-14-5-2-6-16-10(13)11(9-12)3-7-15-8-4-11/h2-9,12H2,1H3. The minimum Gasteiger partial charge on any atom is -0.465 e. The van der Waals surface area contributed by atoms with Crippen molar-refractivity contribution in [3.63, 3.8) is 0 Å². The maximum atomic E-state index is 11.9. The maximum absolute atomic E-state index is 11.9. The molecule has 1 rings (SSSR count). The van der Waals surface area contributed by atoms with Gasteiger partial charge in [-0.05, 0) is 12.8 Å². The van der Waals surface area contributed by atoms with Crippen LogP contribution in [0.3, 0.4) is 0 Å². The van der Waals surface area contributed by atoms with Gasteiger partial charge in [0.15, 0.2) is 0 Å². The van der Waals surface area contributed by atoms with Crippen LogP contribution in [-0.4, -0.2) is 46.1 Å². The lowest BCUT2D eigenvalue weighted by atomic mass is 9.80. The second-order valence-corrected chi connectivity index (χ2v) is 4.08. The molecule has 5 nitrogen and oxygen atoms in total. The van der Waals surface area contributed by atoms with Crippen LogP contribution in [0.25, 0.3) is 0 Å². The van der Waals surface area contributed by atoms with Crippen LogP contribution in [0, 0.1) is 5.41 Å². The molecule has 0 bridgehead atoms. The molecule has 1 aliphatic heterocycles. The summed E-state index contributed by atoms with van der Waals surface area (Å²) in [5.74, 6) is -0.186. The molecule has 0 radical (unpaired) electrons. The summed E-state index contributed by atoms with van der Waals surface area (Å²) in [6.45, 7) is 2.51. The van der Waals surface area contributed by atoms with Crippen LogP contribution in [0.1, 0.15) is 19.3 Å². The molecule has 5 heteroatoms. The summed E-state index contributed by atoms with van der Waals surface area (Å²) in [7, 11) is 1.63. The Kier molecular flexibility index (Phi) is 5.73. The smallest absolute Gasteiger partial charge is 0.313 e. The summed E-state index contributed by atoms with van der Waals surface area (Å²) >= 11 is 0. The van der Waals surface area contributed by atoms with E-state index in [9.17, 15) is 4.79 Å². The molecule has 0 aromatic carbocycles. The van der Waals surface area contributed by atoms with Crippen molar-refractivity contribution in [2.75, 3.05) is 40.1 Å². The second-order valence-electron chi connectivity index (χ2n) is 4.08. The zero-order chi connectivity index (χ0) is 11.9. The van der Waals surface area contributed by atoms with Gasteiger partial charge >= 0.3 is 5.97 Å². The molecule has 0 atom stereocenters. The summed E-state index contributed by atoms with van der Waals surface area (Å²) in [5, 5.41) is 0. The SMILES string of the molecule is COCCCOC(=O)C1(CN)CCOCC1. The summed E-state index contributed by atoms with van der Waals surface area (Å²) in [6.07, 6.45) is 2.04. The minimum absolute atomic E-state index is 0.186. The van der Waals surface area contributed by atoms with Gasteiger partial charge in [0.2, 0.25) is 0 Å². The highest BCUT2D eigenvalue weighted by atomic mass is 16.5. The van der Waals surface area contributed by atoms with Crippen LogP contribution < -0.4 is 5.73 Å². The lowest BCUT2D eigenvalue weighted by Crippen LogP contribution is -2.44. The topological polar surface area (TPSA) is 70.8 Å². The van der Waals surface area contributed by atoms with Gasteiger partial charge in [-0.1, -0.05) is 0 Å². The summed E-state index contributed by atoms with van der Waals surface area (Å²) in [5.41, 5.74) is 5.17. The molecule has 0 spiro atoms. The third kappa shape index (κ3) is 3.43. The Hall–Kier alpha value is -0.650. The average Bonchev–Trinajstić information content (AvgIpc) is 2.35. The number of carbonyl (C=O) groups is 1. The van der Waals surface area contributed by atoms with E-state index >= 15 is 0 Å². The fourth-order valence-corrected chi connectivity index (χ4v) is 1.77. The number of rotatable bonds is 6. The molecule has 0 aromatic heterocycles. The number of methoxy groups -OCH3 is 1. The van der Waals surface area contributed by atoms with Crippen molar-refractivity contribution in [1.82, 2.24) is 0 Å². The monoisotopic (exact) mass is 231 g/mol. The zero-order valence-electron chi connectivity index (χ0n) is 9.87. The van der Waals surface area contributed by atoms with Gasteiger partial charge in [-0.3, -0.25) is 4.79 Å². The second kappa shape index (κ2) is 6.83. The van der Waals surface area contributed by atoms with Gasteiger partial charge in [-0.15, -0.1) is 0 Å². The van der Waals surface area contributed by atoms with Gasteiger partial charge in [-0.25, -0.2) is 0 Å². The van der Waals surface area contributed by atoms with Crippen LogP contribution in [0.2, 0.25) is 0 Å². The number of ether oxygens (including phenoxy) is 3. The summed E-state index contributed by atoms with van der Waals surface area (Å²) in [4.78, 5) is 11.9. The molecule has 1 fully saturated rings.